The van der Waals surface area contributed by atoms with E-state index in [9.17, 15) is 18.0 Å². The fourth-order valence-electron chi connectivity index (χ4n) is 3.20. The first-order valence-corrected chi connectivity index (χ1v) is 12.4. The molecule has 1 aliphatic rings. The number of benzene rings is 2. The van der Waals surface area contributed by atoms with E-state index in [1.54, 1.807) is 18.0 Å². The maximum absolute atomic E-state index is 12.7. The maximum atomic E-state index is 12.7. The first kappa shape index (κ1) is 26.9. The molecule has 0 unspecified atom stereocenters. The Kier molecular flexibility index (Phi) is 9.49. The third-order valence-corrected chi connectivity index (χ3v) is 7.04. The number of amides is 1. The number of anilines is 2. The van der Waals surface area contributed by atoms with Gasteiger partial charge < -0.3 is 15.5 Å². The predicted octanol–water partition coefficient (Wildman–Crippen LogP) is 4.78. The van der Waals surface area contributed by atoms with E-state index in [1.807, 2.05) is 68.4 Å². The lowest BCUT2D eigenvalue weighted by atomic mass is 10.1. The number of carbonyl (C=O) groups is 1. The minimum Gasteiger partial charge on any atom is -0.344 e. The Bertz CT molecular complexity index is 1100. The van der Waals surface area contributed by atoms with Gasteiger partial charge in [0.25, 0.3) is 5.91 Å². The Labute approximate surface area is 210 Å². The summed E-state index contributed by atoms with van der Waals surface area (Å²) in [6.07, 6.45) is -4.46. The molecule has 0 aliphatic carbocycles. The second-order valence-corrected chi connectivity index (χ2v) is 9.81. The van der Waals surface area contributed by atoms with Gasteiger partial charge >= 0.3 is 6.18 Å². The van der Waals surface area contributed by atoms with Crippen LogP contribution in [0.5, 0.6) is 0 Å². The van der Waals surface area contributed by atoms with E-state index in [0.29, 0.717) is 53.9 Å². The van der Waals surface area contributed by atoms with Crippen LogP contribution in [0.4, 0.5) is 24.0 Å². The van der Waals surface area contributed by atoms with Crippen LogP contribution in [0.1, 0.15) is 20.9 Å². The van der Waals surface area contributed by atoms with Crippen LogP contribution in [-0.2, 0) is 6.18 Å². The number of hydrogen-bond acceptors (Lipinski definition) is 8. The molecule has 1 aromatic heterocycles. The molecule has 1 fully saturated rings. The van der Waals surface area contributed by atoms with E-state index in [0.717, 1.165) is 10.5 Å². The predicted molar refractivity (Wildman–Crippen MR) is 135 cm³/mol. The van der Waals surface area contributed by atoms with Gasteiger partial charge in [0, 0.05) is 42.3 Å². The zero-order valence-electron chi connectivity index (χ0n) is 19.6. The number of alkyl halides is 3. The highest BCUT2D eigenvalue weighted by molar-refractivity contribution is 7.97. The number of hydrogen-bond donors (Lipinski definition) is 2. The van der Waals surface area contributed by atoms with Crippen molar-refractivity contribution >= 4 is 40.0 Å². The van der Waals surface area contributed by atoms with Crippen molar-refractivity contribution in [1.82, 2.24) is 19.8 Å². The summed E-state index contributed by atoms with van der Waals surface area (Å²) in [7, 11) is 3.75. The summed E-state index contributed by atoms with van der Waals surface area (Å²) < 4.78 is 40.3. The minimum absolute atomic E-state index is 0.148. The molecule has 12 heteroatoms. The van der Waals surface area contributed by atoms with Crippen molar-refractivity contribution in [3.05, 3.63) is 64.7 Å². The van der Waals surface area contributed by atoms with Gasteiger partial charge in [0.2, 0.25) is 10.1 Å². The van der Waals surface area contributed by atoms with Crippen molar-refractivity contribution in [2.75, 3.05) is 50.5 Å². The van der Waals surface area contributed by atoms with Gasteiger partial charge in [0.15, 0.2) is 0 Å². The Morgan fingerprint density at radius 3 is 2.20 bits per heavy atom. The summed E-state index contributed by atoms with van der Waals surface area (Å²) >= 11 is 2.15. The average Bonchev–Trinajstić information content (AvgIpc) is 3.33. The highest BCUT2D eigenvalue weighted by Gasteiger charge is 2.36. The van der Waals surface area contributed by atoms with Crippen molar-refractivity contribution in [2.24, 2.45) is 0 Å². The van der Waals surface area contributed by atoms with Crippen LogP contribution < -0.4 is 15.5 Å². The number of nitrogens with one attached hydrogen (secondary N) is 2. The van der Waals surface area contributed by atoms with Gasteiger partial charge in [-0.25, -0.2) is 4.31 Å². The summed E-state index contributed by atoms with van der Waals surface area (Å²) in [5.41, 5.74) is 2.27. The topological polar surface area (TPSA) is 73.4 Å². The molecule has 7 nitrogen and oxygen atoms in total. The molecular weight excluding hydrogens is 497 g/mol. The quantitative estimate of drug-likeness (QED) is 0.466. The SMILES string of the molecule is CNC.Cc1ccccc1C(=O)Nc1ccc(SN2CCN(c3nnc(C(F)(F)F)s3)CC2)cc1. The molecule has 1 amide bonds. The largest absolute Gasteiger partial charge is 0.445 e. The minimum atomic E-state index is -4.46. The molecule has 2 N–H and O–H groups in total. The number of aromatic nitrogens is 2. The Balaban J connectivity index is 0.00000108. The summed E-state index contributed by atoms with van der Waals surface area (Å²) in [4.78, 5) is 15.3. The van der Waals surface area contributed by atoms with Gasteiger partial charge in [-0.05, 0) is 68.9 Å². The fraction of sp³-hybridized carbons (Fsp3) is 0.348. The number of aryl methyl sites for hydroxylation is 1. The standard InChI is InChI=1S/C21H20F3N5OS2.C2H7N/c1-14-4-2-3-5-17(14)18(30)25-15-6-8-16(9-7-15)32-29-12-10-28(11-13-29)20-27-26-19(31-20)21(22,23)24;1-3-2/h2-9H,10-13H2,1H3,(H,25,30);3H,1-2H3. The molecule has 2 aromatic carbocycles. The van der Waals surface area contributed by atoms with Crippen LogP contribution in [0.15, 0.2) is 53.4 Å². The van der Waals surface area contributed by atoms with Gasteiger partial charge in [-0.1, -0.05) is 29.5 Å². The van der Waals surface area contributed by atoms with E-state index >= 15 is 0 Å². The Hall–Kier alpha value is -2.67. The van der Waals surface area contributed by atoms with E-state index in [2.05, 4.69) is 25.1 Å². The summed E-state index contributed by atoms with van der Waals surface area (Å²) in [5, 5.41) is 12.0. The van der Waals surface area contributed by atoms with E-state index in [4.69, 9.17) is 0 Å². The monoisotopic (exact) mass is 524 g/mol. The lowest BCUT2D eigenvalue weighted by Gasteiger charge is -2.33. The van der Waals surface area contributed by atoms with Crippen LogP contribution in [-0.4, -0.2) is 60.7 Å². The fourth-order valence-corrected chi connectivity index (χ4v) is 4.87. The highest BCUT2D eigenvalue weighted by Crippen LogP contribution is 2.35. The molecule has 0 atom stereocenters. The summed E-state index contributed by atoms with van der Waals surface area (Å²) in [6.45, 7) is 4.40. The first-order chi connectivity index (χ1) is 16.7. The maximum Gasteiger partial charge on any atom is 0.445 e. The Morgan fingerprint density at radius 2 is 1.63 bits per heavy atom. The van der Waals surface area contributed by atoms with Crippen molar-refractivity contribution in [2.45, 2.75) is 18.0 Å². The number of halogens is 3. The van der Waals surface area contributed by atoms with Gasteiger partial charge in [-0.2, -0.15) is 13.2 Å². The third kappa shape index (κ3) is 7.66. The highest BCUT2D eigenvalue weighted by atomic mass is 32.2. The number of nitrogens with zero attached hydrogens (tertiary/aromatic N) is 4. The van der Waals surface area contributed by atoms with Gasteiger partial charge in [0.05, 0.1) is 0 Å². The van der Waals surface area contributed by atoms with E-state index < -0.39 is 11.2 Å². The smallest absolute Gasteiger partial charge is 0.344 e. The number of carbonyl (C=O) groups excluding carboxylic acids is 1. The molecule has 0 radical (unpaired) electrons. The Morgan fingerprint density at radius 1 is 1.00 bits per heavy atom. The van der Waals surface area contributed by atoms with Crippen LogP contribution in [0, 0.1) is 6.92 Å². The van der Waals surface area contributed by atoms with Crippen LogP contribution in [0.25, 0.3) is 0 Å². The zero-order valence-corrected chi connectivity index (χ0v) is 21.2. The van der Waals surface area contributed by atoms with Gasteiger partial charge in [0.1, 0.15) is 0 Å². The molecule has 1 saturated heterocycles. The lowest BCUT2D eigenvalue weighted by molar-refractivity contribution is -0.138. The molecule has 0 bridgehead atoms. The molecule has 35 heavy (non-hydrogen) atoms. The molecule has 188 valence electrons. The van der Waals surface area contributed by atoms with Crippen molar-refractivity contribution in [3.63, 3.8) is 0 Å². The second kappa shape index (κ2) is 12.3. The van der Waals surface area contributed by atoms with Crippen LogP contribution in [0.2, 0.25) is 0 Å². The molecule has 0 saturated carbocycles. The molecule has 2 heterocycles. The molecule has 3 aromatic rings. The van der Waals surface area contributed by atoms with Gasteiger partial charge in [-0.3, -0.25) is 4.79 Å². The zero-order chi connectivity index (χ0) is 25.4. The van der Waals surface area contributed by atoms with Crippen molar-refractivity contribution in [1.29, 1.82) is 0 Å². The molecule has 4 rings (SSSR count). The van der Waals surface area contributed by atoms with Crippen LogP contribution in [0.3, 0.4) is 0 Å². The van der Waals surface area contributed by atoms with Crippen molar-refractivity contribution in [3.8, 4) is 0 Å². The van der Waals surface area contributed by atoms with Crippen molar-refractivity contribution < 1.29 is 18.0 Å². The summed E-state index contributed by atoms with van der Waals surface area (Å²) in [5.74, 6) is -0.148. The molecule has 1 aliphatic heterocycles. The van der Waals surface area contributed by atoms with E-state index in [1.165, 1.54) is 0 Å². The second-order valence-electron chi connectivity index (χ2n) is 7.69. The molecular formula is C23H27F3N6OS2. The van der Waals surface area contributed by atoms with E-state index in [-0.39, 0.29) is 5.91 Å². The normalized spacial score (nSPS) is 14.3. The number of rotatable bonds is 5. The first-order valence-electron chi connectivity index (χ1n) is 10.9. The average molecular weight is 525 g/mol. The van der Waals surface area contributed by atoms with Gasteiger partial charge in [-0.15, -0.1) is 10.2 Å². The van der Waals surface area contributed by atoms with Crippen LogP contribution >= 0.6 is 23.3 Å². The lowest BCUT2D eigenvalue weighted by Crippen LogP contribution is -2.43. The summed E-state index contributed by atoms with van der Waals surface area (Å²) in [6, 6.07) is 15.0. The molecule has 0 spiro atoms. The number of piperazine rings is 1. The third-order valence-electron chi connectivity index (χ3n) is 4.90.